The summed E-state index contributed by atoms with van der Waals surface area (Å²) in [4.78, 5) is 17.2. The van der Waals surface area contributed by atoms with Crippen LogP contribution >= 0.6 is 0 Å². The molecule has 3 heterocycles. The molecular weight excluding hydrogens is 321 g/mol. The Kier molecular flexibility index (Phi) is 4.09. The van der Waals surface area contributed by atoms with Crippen molar-refractivity contribution >= 4 is 17.2 Å². The van der Waals surface area contributed by atoms with Gasteiger partial charge in [-0.1, -0.05) is 6.07 Å². The Bertz CT molecular complexity index is 830. The van der Waals surface area contributed by atoms with Crippen LogP contribution in [0, 0.1) is 5.82 Å². The smallest absolute Gasteiger partial charge is 0.147 e. The number of morpholine rings is 1. The summed E-state index contributed by atoms with van der Waals surface area (Å²) < 4.78 is 20.1. The van der Waals surface area contributed by atoms with E-state index in [2.05, 4.69) is 15.0 Å². The zero-order chi connectivity index (χ0) is 17.4. The van der Waals surface area contributed by atoms with E-state index < -0.39 is 0 Å². The highest BCUT2D eigenvalue weighted by Gasteiger charge is 2.25. The van der Waals surface area contributed by atoms with Crippen molar-refractivity contribution in [1.29, 1.82) is 0 Å². The van der Waals surface area contributed by atoms with Crippen LogP contribution in [0.4, 0.5) is 15.9 Å². The average Bonchev–Trinajstić information content (AvgIpc) is 3.06. The number of rotatable bonds is 3. The zero-order valence-corrected chi connectivity index (χ0v) is 14.4. The van der Waals surface area contributed by atoms with Crippen molar-refractivity contribution in [2.75, 3.05) is 50.2 Å². The van der Waals surface area contributed by atoms with Gasteiger partial charge in [-0.05, 0) is 12.1 Å². The topological polar surface area (TPSA) is 53.9 Å². The molecule has 1 fully saturated rings. The summed E-state index contributed by atoms with van der Waals surface area (Å²) in [6, 6.07) is 5.31. The van der Waals surface area contributed by atoms with Crippen LogP contribution in [0.3, 0.4) is 0 Å². The van der Waals surface area contributed by atoms with Crippen molar-refractivity contribution in [3.63, 3.8) is 0 Å². The Morgan fingerprint density at radius 2 is 1.96 bits per heavy atom. The predicted octanol–water partition coefficient (Wildman–Crippen LogP) is 1.87. The van der Waals surface area contributed by atoms with E-state index in [1.165, 1.54) is 0 Å². The molecule has 0 radical (unpaired) electrons. The van der Waals surface area contributed by atoms with E-state index in [1.807, 2.05) is 36.0 Å². The van der Waals surface area contributed by atoms with Gasteiger partial charge in [0.25, 0.3) is 0 Å². The fourth-order valence-electron chi connectivity index (χ4n) is 3.30. The summed E-state index contributed by atoms with van der Waals surface area (Å²) in [6.45, 7) is 3.17. The first-order valence-corrected chi connectivity index (χ1v) is 8.34. The Balaban J connectivity index is 1.70. The Labute approximate surface area is 146 Å². The van der Waals surface area contributed by atoms with E-state index in [-0.39, 0.29) is 5.82 Å². The number of hydrogen-bond donors (Lipinski definition) is 0. The average molecular weight is 341 g/mol. The minimum absolute atomic E-state index is 0.237. The van der Waals surface area contributed by atoms with E-state index in [4.69, 9.17) is 4.74 Å². The SMILES string of the molecule is CN(C)c1ncnc2c1C(c1ccc(N3CCOCC3)c(F)c1)=NC2. The number of ether oxygens (including phenoxy) is 1. The molecule has 7 heteroatoms. The second-order valence-corrected chi connectivity index (χ2v) is 6.34. The van der Waals surface area contributed by atoms with Gasteiger partial charge in [-0.2, -0.15) is 0 Å². The lowest BCUT2D eigenvalue weighted by Crippen LogP contribution is -2.36. The third-order valence-electron chi connectivity index (χ3n) is 4.53. The lowest BCUT2D eigenvalue weighted by Gasteiger charge is -2.29. The predicted molar refractivity (Wildman–Crippen MR) is 95.1 cm³/mol. The number of anilines is 2. The van der Waals surface area contributed by atoms with E-state index >= 15 is 0 Å². The van der Waals surface area contributed by atoms with Crippen LogP contribution in [0.1, 0.15) is 16.8 Å². The first-order chi connectivity index (χ1) is 12.1. The highest BCUT2D eigenvalue weighted by atomic mass is 19.1. The van der Waals surface area contributed by atoms with Gasteiger partial charge in [-0.15, -0.1) is 0 Å². The van der Waals surface area contributed by atoms with Gasteiger partial charge in [0.15, 0.2) is 0 Å². The van der Waals surface area contributed by atoms with Gasteiger partial charge < -0.3 is 14.5 Å². The Hall–Kier alpha value is -2.54. The van der Waals surface area contributed by atoms with Crippen LogP contribution < -0.4 is 9.80 Å². The molecule has 4 rings (SSSR count). The maximum Gasteiger partial charge on any atom is 0.147 e. The van der Waals surface area contributed by atoms with Crippen LogP contribution in [0.15, 0.2) is 29.5 Å². The van der Waals surface area contributed by atoms with Crippen molar-refractivity contribution < 1.29 is 9.13 Å². The molecule has 2 aliphatic heterocycles. The van der Waals surface area contributed by atoms with Crippen LogP contribution in [-0.2, 0) is 11.3 Å². The summed E-state index contributed by atoms with van der Waals surface area (Å²) in [6.07, 6.45) is 1.55. The number of nitrogens with zero attached hydrogens (tertiary/aromatic N) is 5. The van der Waals surface area contributed by atoms with Gasteiger partial charge >= 0.3 is 0 Å². The van der Waals surface area contributed by atoms with E-state index in [0.29, 0.717) is 38.5 Å². The summed E-state index contributed by atoms with van der Waals surface area (Å²) in [5.41, 5.74) is 3.90. The summed E-state index contributed by atoms with van der Waals surface area (Å²) in [5.74, 6) is 0.567. The molecule has 0 unspecified atom stereocenters. The number of halogens is 1. The number of fused-ring (bicyclic) bond motifs is 1. The maximum absolute atomic E-state index is 14.7. The van der Waals surface area contributed by atoms with E-state index in [0.717, 1.165) is 28.4 Å². The molecule has 2 aliphatic rings. The standard InChI is InChI=1S/C18H20FN5O/c1-23(2)18-16-14(21-11-22-18)10-20-17(16)12-3-4-15(13(19)9-12)24-5-7-25-8-6-24/h3-4,9,11H,5-8,10H2,1-2H3. The summed E-state index contributed by atoms with van der Waals surface area (Å²) in [5, 5.41) is 0. The van der Waals surface area contributed by atoms with Crippen LogP contribution in [-0.4, -0.2) is 56.1 Å². The first-order valence-electron chi connectivity index (χ1n) is 8.34. The largest absolute Gasteiger partial charge is 0.378 e. The van der Waals surface area contributed by atoms with E-state index in [9.17, 15) is 4.39 Å². The first kappa shape index (κ1) is 16.0. The maximum atomic E-state index is 14.7. The molecule has 0 aliphatic carbocycles. The Morgan fingerprint density at radius 3 is 2.68 bits per heavy atom. The molecule has 2 aromatic rings. The quantitative estimate of drug-likeness (QED) is 0.853. The van der Waals surface area contributed by atoms with Crippen molar-refractivity contribution in [3.8, 4) is 0 Å². The summed E-state index contributed by atoms with van der Waals surface area (Å²) in [7, 11) is 3.86. The molecule has 0 bridgehead atoms. The van der Waals surface area contributed by atoms with Crippen molar-refractivity contribution in [1.82, 2.24) is 9.97 Å². The normalized spacial score (nSPS) is 16.6. The lowest BCUT2D eigenvalue weighted by atomic mass is 10.0. The molecule has 1 saturated heterocycles. The third kappa shape index (κ3) is 2.84. The molecule has 25 heavy (non-hydrogen) atoms. The highest BCUT2D eigenvalue weighted by molar-refractivity contribution is 6.17. The number of aromatic nitrogens is 2. The Morgan fingerprint density at radius 1 is 1.16 bits per heavy atom. The fourth-order valence-corrected chi connectivity index (χ4v) is 3.30. The van der Waals surface area contributed by atoms with Crippen molar-refractivity contribution in [2.45, 2.75) is 6.54 Å². The number of benzene rings is 1. The van der Waals surface area contributed by atoms with Gasteiger partial charge in [0.2, 0.25) is 0 Å². The molecule has 1 aromatic heterocycles. The van der Waals surface area contributed by atoms with Crippen molar-refractivity contribution in [2.24, 2.45) is 4.99 Å². The minimum atomic E-state index is -0.237. The monoisotopic (exact) mass is 341 g/mol. The third-order valence-corrected chi connectivity index (χ3v) is 4.53. The van der Waals surface area contributed by atoms with E-state index in [1.54, 1.807) is 12.4 Å². The van der Waals surface area contributed by atoms with Gasteiger partial charge in [-0.25, -0.2) is 14.4 Å². The number of aliphatic imine (C=N–C) groups is 1. The molecule has 130 valence electrons. The summed E-state index contributed by atoms with van der Waals surface area (Å²) >= 11 is 0. The van der Waals surface area contributed by atoms with Gasteiger partial charge in [0.1, 0.15) is 18.0 Å². The van der Waals surface area contributed by atoms with Gasteiger partial charge in [0.05, 0.1) is 42.4 Å². The second kappa shape index (κ2) is 6.40. The number of hydrogen-bond acceptors (Lipinski definition) is 6. The second-order valence-electron chi connectivity index (χ2n) is 6.34. The lowest BCUT2D eigenvalue weighted by molar-refractivity contribution is 0.122. The van der Waals surface area contributed by atoms with Crippen LogP contribution in [0.25, 0.3) is 0 Å². The van der Waals surface area contributed by atoms with Crippen LogP contribution in [0.2, 0.25) is 0 Å². The van der Waals surface area contributed by atoms with Crippen molar-refractivity contribution in [3.05, 3.63) is 47.2 Å². The molecule has 0 atom stereocenters. The van der Waals surface area contributed by atoms with Crippen LogP contribution in [0.5, 0.6) is 0 Å². The molecular formula is C18H20FN5O. The minimum Gasteiger partial charge on any atom is -0.378 e. The highest BCUT2D eigenvalue weighted by Crippen LogP contribution is 2.30. The molecule has 0 N–H and O–H groups in total. The molecule has 6 nitrogen and oxygen atoms in total. The molecule has 0 amide bonds. The van der Waals surface area contributed by atoms with Gasteiger partial charge in [-0.3, -0.25) is 4.99 Å². The molecule has 0 spiro atoms. The van der Waals surface area contributed by atoms with Gasteiger partial charge in [0, 0.05) is 32.7 Å². The molecule has 0 saturated carbocycles. The molecule has 1 aromatic carbocycles. The zero-order valence-electron chi connectivity index (χ0n) is 14.4. The fraction of sp³-hybridized carbons (Fsp3) is 0.389.